The van der Waals surface area contributed by atoms with Crippen molar-refractivity contribution in [1.82, 2.24) is 35.1 Å². The van der Waals surface area contributed by atoms with E-state index in [0.29, 0.717) is 17.1 Å². The summed E-state index contributed by atoms with van der Waals surface area (Å²) in [5, 5.41) is 6.37. The zero-order valence-corrected chi connectivity index (χ0v) is 22.2. The molecule has 184 valence electrons. The van der Waals surface area contributed by atoms with Gasteiger partial charge in [-0.3, -0.25) is 9.69 Å². The van der Waals surface area contributed by atoms with E-state index >= 15 is 0 Å². The number of aryl methyl sites for hydroxylation is 1. The van der Waals surface area contributed by atoms with Crippen LogP contribution in [0.3, 0.4) is 0 Å². The fourth-order valence-corrected chi connectivity index (χ4v) is 5.34. The molecule has 0 aliphatic carbocycles. The first-order valence-electron chi connectivity index (χ1n) is 13.0. The summed E-state index contributed by atoms with van der Waals surface area (Å²) < 4.78 is 1.81. The minimum Gasteiger partial charge on any atom is -0.368 e. The number of rotatable bonds is 5. The summed E-state index contributed by atoms with van der Waals surface area (Å²) in [6, 6.07) is 0. The van der Waals surface area contributed by atoms with E-state index in [0.717, 1.165) is 49.6 Å². The van der Waals surface area contributed by atoms with Crippen LogP contribution in [0.25, 0.3) is 5.57 Å². The van der Waals surface area contributed by atoms with E-state index in [-0.39, 0.29) is 27.3 Å². The number of benzene rings is 1. The monoisotopic (exact) mass is 512 g/mol. The predicted octanol–water partition coefficient (Wildman–Crippen LogP) is -3.80. The van der Waals surface area contributed by atoms with Gasteiger partial charge < -0.3 is 9.80 Å². The molecule has 0 bridgehead atoms. The molecule has 0 saturated carbocycles. The molecule has 2 aromatic heterocycles. The smallest absolute Gasteiger partial charge is 0.225 e. The molecule has 3 aliphatic rings. The van der Waals surface area contributed by atoms with Crippen LogP contribution in [0, 0.1) is 0 Å². The van der Waals surface area contributed by atoms with Crippen LogP contribution in [0.15, 0.2) is 54.5 Å². The molecule has 12 radical (unpaired) electrons. The number of fused-ring (bicyclic) bond motifs is 1. The van der Waals surface area contributed by atoms with Crippen molar-refractivity contribution in [1.29, 1.82) is 0 Å². The molecule has 3 aromatic rings. The Labute approximate surface area is 242 Å². The van der Waals surface area contributed by atoms with Crippen LogP contribution in [0.5, 0.6) is 0 Å². The van der Waals surface area contributed by atoms with Crippen LogP contribution in [0.1, 0.15) is 22.5 Å². The highest BCUT2D eigenvalue weighted by Gasteiger charge is 2.29. The van der Waals surface area contributed by atoms with Crippen LogP contribution in [-0.2, 0) is 7.05 Å². The van der Waals surface area contributed by atoms with Crippen molar-refractivity contribution in [2.24, 2.45) is 7.05 Å². The summed E-state index contributed by atoms with van der Waals surface area (Å²) in [6.07, 6.45) is 13.7. The molecule has 1 unspecified atom stereocenters. The van der Waals surface area contributed by atoms with E-state index in [9.17, 15) is 0 Å². The molecule has 40 heavy (non-hydrogen) atoms. The lowest BCUT2D eigenvalue weighted by molar-refractivity contribution is 0.315. The third-order valence-corrected chi connectivity index (χ3v) is 7.71. The van der Waals surface area contributed by atoms with Crippen LogP contribution in [0.4, 0.5) is 5.95 Å². The van der Waals surface area contributed by atoms with E-state index in [1.165, 1.54) is 5.70 Å². The molecule has 14 heteroatoms. The number of piperazine rings is 1. The first-order valence-corrected chi connectivity index (χ1v) is 13.0. The Kier molecular flexibility index (Phi) is 6.98. The number of aromatic nitrogens is 4. The molecule has 3 aliphatic heterocycles. The molecule has 1 N–H and O–H groups in total. The third kappa shape index (κ3) is 4.62. The number of nitrogens with zero attached hydrogens (tertiary/aromatic N) is 7. The van der Waals surface area contributed by atoms with Gasteiger partial charge in [0.15, 0.2) is 0 Å². The molecule has 1 saturated heterocycles. The SMILES string of the molecule is [B]c1c([B])c([B])c(C([B])c2cnc(N3CCN(C4=C5C=CC(c6cnn(C)c6)=CN5NC4)CC3)nc2)c([B])c1[B]. The lowest BCUT2D eigenvalue weighted by Gasteiger charge is -2.37. The Morgan fingerprint density at radius 1 is 0.825 bits per heavy atom. The molecular formula is C26H22B6N8. The quantitative estimate of drug-likeness (QED) is 0.353. The second-order valence-electron chi connectivity index (χ2n) is 10.1. The van der Waals surface area contributed by atoms with Crippen LogP contribution < -0.4 is 37.6 Å². The fraction of sp³-hybridized carbons (Fsp3) is 0.269. The Balaban J connectivity index is 1.12. The molecule has 1 fully saturated rings. The summed E-state index contributed by atoms with van der Waals surface area (Å²) in [7, 11) is 38.7. The maximum atomic E-state index is 6.48. The van der Waals surface area contributed by atoms with Crippen molar-refractivity contribution in [2.75, 3.05) is 37.6 Å². The number of hydrogen-bond donors (Lipinski definition) is 1. The van der Waals surface area contributed by atoms with E-state index in [1.807, 2.05) is 24.1 Å². The minimum atomic E-state index is -0.710. The molecular weight excluding hydrogens is 489 g/mol. The summed E-state index contributed by atoms with van der Waals surface area (Å²) >= 11 is 0. The van der Waals surface area contributed by atoms with Gasteiger partial charge in [-0.05, 0) is 17.5 Å². The van der Waals surface area contributed by atoms with Gasteiger partial charge in [-0.25, -0.2) is 15.4 Å². The Hall–Kier alpha value is -3.52. The maximum absolute atomic E-state index is 6.48. The van der Waals surface area contributed by atoms with Crippen molar-refractivity contribution >= 4 is 85.9 Å². The molecule has 1 aromatic carbocycles. The van der Waals surface area contributed by atoms with E-state index in [1.54, 1.807) is 12.4 Å². The third-order valence-electron chi connectivity index (χ3n) is 7.71. The fourth-order valence-electron chi connectivity index (χ4n) is 5.34. The summed E-state index contributed by atoms with van der Waals surface area (Å²) in [5.41, 5.74) is 10.1. The zero-order chi connectivity index (χ0) is 28.1. The minimum absolute atomic E-state index is 0.153. The van der Waals surface area contributed by atoms with Gasteiger partial charge in [-0.2, -0.15) is 5.10 Å². The predicted molar refractivity (Wildman–Crippen MR) is 164 cm³/mol. The van der Waals surface area contributed by atoms with E-state index < -0.39 is 5.82 Å². The van der Waals surface area contributed by atoms with Gasteiger partial charge in [0, 0.05) is 69.2 Å². The first kappa shape index (κ1) is 26.7. The second-order valence-corrected chi connectivity index (χ2v) is 10.1. The van der Waals surface area contributed by atoms with Gasteiger partial charge in [0.2, 0.25) is 5.95 Å². The highest BCUT2D eigenvalue weighted by molar-refractivity contribution is 6.67. The molecule has 1 atom stereocenters. The number of hydrogen-bond acceptors (Lipinski definition) is 7. The Bertz CT molecular complexity index is 1530. The largest absolute Gasteiger partial charge is 0.368 e. The van der Waals surface area contributed by atoms with E-state index in [2.05, 4.69) is 53.7 Å². The first-order chi connectivity index (χ1) is 19.2. The normalized spacial score (nSPS) is 17.8. The topological polar surface area (TPSA) is 65.4 Å². The Morgan fingerprint density at radius 2 is 1.45 bits per heavy atom. The zero-order valence-electron chi connectivity index (χ0n) is 22.2. The van der Waals surface area contributed by atoms with Gasteiger partial charge in [-0.15, -0.1) is 27.3 Å². The van der Waals surface area contributed by atoms with Crippen molar-refractivity contribution < 1.29 is 0 Å². The number of hydrazine groups is 1. The molecule has 0 amide bonds. The molecule has 5 heterocycles. The average Bonchev–Trinajstić information content (AvgIpc) is 3.61. The summed E-state index contributed by atoms with van der Waals surface area (Å²) in [4.78, 5) is 13.8. The van der Waals surface area contributed by atoms with Crippen molar-refractivity contribution in [2.45, 2.75) is 5.82 Å². The van der Waals surface area contributed by atoms with Crippen molar-refractivity contribution in [3.8, 4) is 0 Å². The number of anilines is 1. The van der Waals surface area contributed by atoms with Crippen LogP contribution in [0.2, 0.25) is 0 Å². The van der Waals surface area contributed by atoms with E-state index in [4.69, 9.17) is 47.1 Å². The van der Waals surface area contributed by atoms with Gasteiger partial charge in [0.25, 0.3) is 0 Å². The highest BCUT2D eigenvalue weighted by Crippen LogP contribution is 2.29. The number of allylic oxidation sites excluding steroid dienone is 3. The number of nitrogens with one attached hydrogen (secondary N) is 1. The Morgan fingerprint density at radius 3 is 2.08 bits per heavy atom. The maximum Gasteiger partial charge on any atom is 0.225 e. The lowest BCUT2D eigenvalue weighted by Crippen LogP contribution is -2.56. The van der Waals surface area contributed by atoms with Crippen LogP contribution >= 0.6 is 0 Å². The van der Waals surface area contributed by atoms with Gasteiger partial charge in [-0.1, -0.05) is 11.6 Å². The molecule has 8 nitrogen and oxygen atoms in total. The van der Waals surface area contributed by atoms with Gasteiger partial charge >= 0.3 is 0 Å². The molecule has 6 rings (SSSR count). The molecule has 0 spiro atoms. The van der Waals surface area contributed by atoms with Crippen molar-refractivity contribution in [3.63, 3.8) is 0 Å². The summed E-state index contributed by atoms with van der Waals surface area (Å²) in [5.74, 6) is -0.0723. The standard InChI is InChI=1S/C26H22B6N8/c1-37-12-16(10-35-37)14-2-3-17-18(11-36-40(17)13-14)38-4-6-39(7-5-38)26-33-8-15(9-34-26)20(27)19-21(28)23(30)25(32)24(31)22(19)29/h2-3,8-10,12-13,20,36H,4-7,11H2,1H3. The average molecular weight is 511 g/mol. The second kappa shape index (κ2) is 10.5. The van der Waals surface area contributed by atoms with Gasteiger partial charge in [0.1, 0.15) is 39.2 Å². The lowest BCUT2D eigenvalue weighted by atomic mass is 9.56. The van der Waals surface area contributed by atoms with Crippen molar-refractivity contribution in [3.05, 3.63) is 71.2 Å². The summed E-state index contributed by atoms with van der Waals surface area (Å²) in [6.45, 7) is 4.04. The van der Waals surface area contributed by atoms with Gasteiger partial charge in [0.05, 0.1) is 32.0 Å². The van der Waals surface area contributed by atoms with Crippen LogP contribution in [-0.4, -0.2) is 109 Å². The highest BCUT2D eigenvalue weighted by atomic mass is 15.5.